The summed E-state index contributed by atoms with van der Waals surface area (Å²) in [5.41, 5.74) is 0. The summed E-state index contributed by atoms with van der Waals surface area (Å²) in [5.74, 6) is 1.90. The fraction of sp³-hybridized carbons (Fsp3) is 1.00. The molecular formula is C15H31NO3S. The van der Waals surface area contributed by atoms with Crippen molar-refractivity contribution >= 4 is 9.84 Å². The molecule has 1 rings (SSSR count). The third kappa shape index (κ3) is 7.04. The lowest BCUT2D eigenvalue weighted by molar-refractivity contribution is 0.194. The van der Waals surface area contributed by atoms with E-state index in [9.17, 15) is 8.42 Å². The van der Waals surface area contributed by atoms with Gasteiger partial charge in [0.25, 0.3) is 0 Å². The SMILES string of the molecule is CCCS(=O)(=O)CCC(CNCCOC)C1CCCC1. The molecule has 20 heavy (non-hydrogen) atoms. The van der Waals surface area contributed by atoms with Gasteiger partial charge in [-0.25, -0.2) is 8.42 Å². The van der Waals surface area contributed by atoms with Crippen LogP contribution in [0.4, 0.5) is 0 Å². The van der Waals surface area contributed by atoms with Gasteiger partial charge in [-0.15, -0.1) is 0 Å². The molecule has 4 nitrogen and oxygen atoms in total. The highest BCUT2D eigenvalue weighted by molar-refractivity contribution is 7.91. The van der Waals surface area contributed by atoms with Crippen molar-refractivity contribution in [2.24, 2.45) is 11.8 Å². The van der Waals surface area contributed by atoms with Gasteiger partial charge < -0.3 is 10.1 Å². The van der Waals surface area contributed by atoms with Gasteiger partial charge in [-0.05, 0) is 31.2 Å². The number of ether oxygens (including phenoxy) is 1. The number of hydrogen-bond donors (Lipinski definition) is 1. The monoisotopic (exact) mass is 305 g/mol. The van der Waals surface area contributed by atoms with Crippen molar-refractivity contribution in [3.05, 3.63) is 0 Å². The first-order valence-electron chi connectivity index (χ1n) is 7.99. The van der Waals surface area contributed by atoms with Crippen LogP contribution >= 0.6 is 0 Å². The highest BCUT2D eigenvalue weighted by Gasteiger charge is 2.26. The zero-order valence-electron chi connectivity index (χ0n) is 13.1. The molecular weight excluding hydrogens is 274 g/mol. The van der Waals surface area contributed by atoms with Crippen LogP contribution in [0.3, 0.4) is 0 Å². The molecule has 0 aliphatic heterocycles. The molecule has 1 unspecified atom stereocenters. The molecule has 0 aromatic heterocycles. The molecule has 0 saturated heterocycles. The van der Waals surface area contributed by atoms with Crippen molar-refractivity contribution in [2.75, 3.05) is 38.3 Å². The van der Waals surface area contributed by atoms with Gasteiger partial charge in [0.1, 0.15) is 9.84 Å². The number of rotatable bonds is 11. The summed E-state index contributed by atoms with van der Waals surface area (Å²) >= 11 is 0. The average molecular weight is 305 g/mol. The maximum Gasteiger partial charge on any atom is 0.150 e. The first kappa shape index (κ1) is 17.9. The van der Waals surface area contributed by atoms with E-state index in [1.807, 2.05) is 6.92 Å². The lowest BCUT2D eigenvalue weighted by atomic mass is 9.88. The molecule has 0 amide bonds. The quantitative estimate of drug-likeness (QED) is 0.595. The largest absolute Gasteiger partial charge is 0.383 e. The third-order valence-corrected chi connectivity index (χ3v) is 6.16. The molecule has 0 aromatic rings. The molecule has 1 aliphatic carbocycles. The molecule has 1 fully saturated rings. The molecule has 120 valence electrons. The van der Waals surface area contributed by atoms with Gasteiger partial charge in [0.05, 0.1) is 12.4 Å². The zero-order chi connectivity index (χ0) is 14.8. The van der Waals surface area contributed by atoms with Gasteiger partial charge >= 0.3 is 0 Å². The highest BCUT2D eigenvalue weighted by Crippen LogP contribution is 2.33. The first-order chi connectivity index (χ1) is 9.59. The van der Waals surface area contributed by atoms with Crippen LogP contribution in [-0.4, -0.2) is 46.7 Å². The second kappa shape index (κ2) is 9.74. The minimum atomic E-state index is -2.84. The van der Waals surface area contributed by atoms with Crippen LogP contribution in [-0.2, 0) is 14.6 Å². The van der Waals surface area contributed by atoms with E-state index in [1.165, 1.54) is 25.7 Å². The Labute approximate surface area is 124 Å². The van der Waals surface area contributed by atoms with Crippen molar-refractivity contribution in [1.29, 1.82) is 0 Å². The standard InChI is InChI=1S/C15H31NO3S/c1-3-11-20(17,18)12-8-15(13-16-9-10-19-2)14-6-4-5-7-14/h14-16H,3-13H2,1-2H3. The van der Waals surface area contributed by atoms with Gasteiger partial charge in [-0.3, -0.25) is 0 Å². The molecule has 1 atom stereocenters. The van der Waals surface area contributed by atoms with Crippen LogP contribution in [0, 0.1) is 11.8 Å². The number of nitrogens with one attached hydrogen (secondary N) is 1. The molecule has 0 aromatic carbocycles. The van der Waals surface area contributed by atoms with Gasteiger partial charge in [0.2, 0.25) is 0 Å². The minimum Gasteiger partial charge on any atom is -0.383 e. The molecule has 0 heterocycles. The predicted molar refractivity (Wildman–Crippen MR) is 83.8 cm³/mol. The van der Waals surface area contributed by atoms with Crippen LogP contribution in [0.25, 0.3) is 0 Å². The molecule has 1 saturated carbocycles. The molecule has 5 heteroatoms. The van der Waals surface area contributed by atoms with Gasteiger partial charge in [-0.2, -0.15) is 0 Å². The number of sulfone groups is 1. The van der Waals surface area contributed by atoms with Crippen molar-refractivity contribution < 1.29 is 13.2 Å². The van der Waals surface area contributed by atoms with E-state index in [-0.39, 0.29) is 0 Å². The predicted octanol–water partition coefficient (Wildman–Crippen LogP) is 2.24. The summed E-state index contributed by atoms with van der Waals surface area (Å²) in [6, 6.07) is 0. The van der Waals surface area contributed by atoms with E-state index < -0.39 is 9.84 Å². The Morgan fingerprint density at radius 3 is 2.55 bits per heavy atom. The fourth-order valence-electron chi connectivity index (χ4n) is 3.14. The molecule has 0 bridgehead atoms. The Morgan fingerprint density at radius 1 is 1.25 bits per heavy atom. The van der Waals surface area contributed by atoms with E-state index in [4.69, 9.17) is 4.74 Å². The summed E-state index contributed by atoms with van der Waals surface area (Å²) in [5, 5.41) is 3.41. The van der Waals surface area contributed by atoms with Crippen LogP contribution in [0.5, 0.6) is 0 Å². The minimum absolute atomic E-state index is 0.335. The fourth-order valence-corrected chi connectivity index (χ4v) is 4.63. The van der Waals surface area contributed by atoms with Crippen molar-refractivity contribution in [2.45, 2.75) is 45.4 Å². The molecule has 1 aliphatic rings. The molecule has 1 N–H and O–H groups in total. The summed E-state index contributed by atoms with van der Waals surface area (Å²) in [7, 11) is -1.14. The van der Waals surface area contributed by atoms with Crippen LogP contribution < -0.4 is 5.32 Å². The highest BCUT2D eigenvalue weighted by atomic mass is 32.2. The van der Waals surface area contributed by atoms with Gasteiger partial charge in [-0.1, -0.05) is 32.6 Å². The Hall–Kier alpha value is -0.130. The van der Waals surface area contributed by atoms with Crippen LogP contribution in [0.1, 0.15) is 45.4 Å². The van der Waals surface area contributed by atoms with E-state index in [0.717, 1.165) is 25.9 Å². The lowest BCUT2D eigenvalue weighted by Gasteiger charge is -2.24. The number of hydrogen-bond acceptors (Lipinski definition) is 4. The summed E-state index contributed by atoms with van der Waals surface area (Å²) in [6.45, 7) is 4.42. The van der Waals surface area contributed by atoms with Crippen molar-refractivity contribution in [1.82, 2.24) is 5.32 Å². The molecule has 0 spiro atoms. The van der Waals surface area contributed by atoms with Crippen molar-refractivity contribution in [3.8, 4) is 0 Å². The second-order valence-corrected chi connectivity index (χ2v) is 8.25. The zero-order valence-corrected chi connectivity index (χ0v) is 13.9. The van der Waals surface area contributed by atoms with Crippen LogP contribution in [0.2, 0.25) is 0 Å². The van der Waals surface area contributed by atoms with Crippen LogP contribution in [0.15, 0.2) is 0 Å². The van der Waals surface area contributed by atoms with E-state index in [1.54, 1.807) is 7.11 Å². The van der Waals surface area contributed by atoms with Crippen molar-refractivity contribution in [3.63, 3.8) is 0 Å². The Morgan fingerprint density at radius 2 is 1.95 bits per heavy atom. The Bertz CT molecular complexity index is 337. The third-order valence-electron chi connectivity index (χ3n) is 4.27. The Kier molecular flexibility index (Phi) is 8.73. The summed E-state index contributed by atoms with van der Waals surface area (Å²) < 4.78 is 28.8. The lowest BCUT2D eigenvalue weighted by Crippen LogP contribution is -2.31. The summed E-state index contributed by atoms with van der Waals surface area (Å²) in [4.78, 5) is 0. The maximum absolute atomic E-state index is 11.9. The van der Waals surface area contributed by atoms with E-state index in [2.05, 4.69) is 5.32 Å². The average Bonchev–Trinajstić information content (AvgIpc) is 2.91. The normalized spacial score (nSPS) is 18.5. The second-order valence-electron chi connectivity index (χ2n) is 5.94. The number of methoxy groups -OCH3 is 1. The smallest absolute Gasteiger partial charge is 0.150 e. The van der Waals surface area contributed by atoms with Gasteiger partial charge in [0.15, 0.2) is 0 Å². The van der Waals surface area contributed by atoms with E-state index in [0.29, 0.717) is 29.9 Å². The molecule has 0 radical (unpaired) electrons. The van der Waals surface area contributed by atoms with E-state index >= 15 is 0 Å². The maximum atomic E-state index is 11.9. The van der Waals surface area contributed by atoms with Gasteiger partial charge in [0, 0.05) is 19.4 Å². The Balaban J connectivity index is 2.41. The first-order valence-corrected chi connectivity index (χ1v) is 9.81. The summed E-state index contributed by atoms with van der Waals surface area (Å²) in [6.07, 6.45) is 6.69. The topological polar surface area (TPSA) is 55.4 Å².